The number of fused-ring (bicyclic) bond motifs is 9. The fraction of sp³-hybridized carbons (Fsp3) is 0.0488. The molecule has 0 fully saturated rings. The molecule has 6 aromatic heterocycles. The molecule has 88 heavy (non-hydrogen) atoms. The van der Waals surface area contributed by atoms with Crippen LogP contribution in [-0.2, 0) is 6.42 Å². The van der Waals surface area contributed by atoms with Gasteiger partial charge >= 0.3 is 0 Å². The van der Waals surface area contributed by atoms with E-state index in [1.165, 1.54) is 60.5 Å². The minimum Gasteiger partial charge on any atom is -0.309 e. The number of allylic oxidation sites excluding steroid dienone is 4. The van der Waals surface area contributed by atoms with Gasteiger partial charge in [-0.3, -0.25) is 19.9 Å². The van der Waals surface area contributed by atoms with Crippen LogP contribution in [0.3, 0.4) is 0 Å². The molecule has 2 aliphatic carbocycles. The summed E-state index contributed by atoms with van der Waals surface area (Å²) < 4.78 is 4.96. The quantitative estimate of drug-likeness (QED) is 0.137. The molecule has 0 aliphatic heterocycles. The average Bonchev–Trinajstić information content (AvgIpc) is 1.67. The van der Waals surface area contributed by atoms with E-state index in [0.717, 1.165) is 119 Å². The summed E-state index contributed by atoms with van der Waals surface area (Å²) >= 11 is 0. The Kier molecular flexibility index (Phi) is 12.2. The van der Waals surface area contributed by atoms with Gasteiger partial charge < -0.3 is 9.13 Å². The van der Waals surface area contributed by atoms with Crippen LogP contribution in [0.2, 0.25) is 0 Å². The molecule has 0 saturated carbocycles. The second kappa shape index (κ2) is 21.0. The highest BCUT2D eigenvalue weighted by Crippen LogP contribution is 2.47. The monoisotopic (exact) mass is 1120 g/mol. The Morgan fingerprint density at radius 3 is 1.05 bits per heavy atom. The first-order valence-corrected chi connectivity index (χ1v) is 30.3. The van der Waals surface area contributed by atoms with Gasteiger partial charge in [0.1, 0.15) is 0 Å². The Morgan fingerprint density at radius 1 is 0.307 bits per heavy atom. The van der Waals surface area contributed by atoms with E-state index in [1.54, 1.807) is 0 Å². The van der Waals surface area contributed by atoms with E-state index in [1.807, 2.05) is 49.1 Å². The van der Waals surface area contributed by atoms with Gasteiger partial charge in [0.15, 0.2) is 0 Å². The van der Waals surface area contributed by atoms with Crippen molar-refractivity contribution >= 4 is 54.8 Å². The summed E-state index contributed by atoms with van der Waals surface area (Å²) in [5, 5.41) is 4.75. The zero-order valence-corrected chi connectivity index (χ0v) is 48.4. The molecule has 9 aromatic carbocycles. The summed E-state index contributed by atoms with van der Waals surface area (Å²) in [6, 6.07) is 92.8. The summed E-state index contributed by atoms with van der Waals surface area (Å²) in [5.74, 6) is 0.400. The van der Waals surface area contributed by atoms with Crippen LogP contribution >= 0.6 is 0 Å². The minimum atomic E-state index is 0.400. The molecule has 17 rings (SSSR count). The van der Waals surface area contributed by atoms with Gasteiger partial charge in [-0.05, 0) is 207 Å². The number of pyridine rings is 4. The van der Waals surface area contributed by atoms with Gasteiger partial charge in [0.25, 0.3) is 0 Å². The maximum atomic E-state index is 4.86. The predicted molar refractivity (Wildman–Crippen MR) is 363 cm³/mol. The predicted octanol–water partition coefficient (Wildman–Crippen LogP) is 20.5. The molecule has 6 nitrogen and oxygen atoms in total. The lowest BCUT2D eigenvalue weighted by molar-refractivity contribution is 0.741. The molecule has 1 atom stereocenters. The zero-order valence-electron chi connectivity index (χ0n) is 48.4. The smallest absolute Gasteiger partial charge is 0.0708 e. The lowest BCUT2D eigenvalue weighted by Crippen LogP contribution is -2.02. The second-order valence-electron chi connectivity index (χ2n) is 23.4. The van der Waals surface area contributed by atoms with Gasteiger partial charge in [0, 0.05) is 80.0 Å². The zero-order chi connectivity index (χ0) is 58.2. The standard InChI is InChI=1S/C82H56N6/c1-52-26-35-67(78-25-11-15-43-86-78)68(44-52)58-32-39-82-74(49-58)73-48-57(63-18-4-7-21-66(63)77-24-10-14-42-85-77)31-38-81(73)88(82)60-34-28-54-45-53-27-33-59(50-69(53)70(54)51-60)87-79-36-29-55(61-16-2-5-19-64(61)75-22-8-12-40-83-75)46-71(79)72-47-56(30-37-80(72)87)62-17-3-6-20-65(62)76-23-9-13-41-84-76/h2-25,27-44,46-52H,26,45H2,1H3. The summed E-state index contributed by atoms with van der Waals surface area (Å²) in [4.78, 5) is 19.3. The molecule has 0 radical (unpaired) electrons. The molecule has 0 N–H and O–H groups in total. The van der Waals surface area contributed by atoms with E-state index in [-0.39, 0.29) is 0 Å². The normalized spacial score (nSPS) is 13.7. The summed E-state index contributed by atoms with van der Waals surface area (Å²) in [5.41, 5.74) is 29.6. The summed E-state index contributed by atoms with van der Waals surface area (Å²) in [7, 11) is 0. The third kappa shape index (κ3) is 8.63. The highest BCUT2D eigenvalue weighted by Gasteiger charge is 2.26. The molecule has 0 saturated heterocycles. The molecule has 0 bridgehead atoms. The Bertz CT molecular complexity index is 5190. The van der Waals surface area contributed by atoms with Gasteiger partial charge in [-0.2, -0.15) is 0 Å². The topological polar surface area (TPSA) is 61.4 Å². The van der Waals surface area contributed by atoms with Crippen LogP contribution in [-0.4, -0.2) is 29.1 Å². The number of nitrogens with zero attached hydrogens (tertiary/aromatic N) is 6. The maximum Gasteiger partial charge on any atom is 0.0708 e. The Labute approximate surface area is 510 Å². The Morgan fingerprint density at radius 2 is 0.659 bits per heavy atom. The van der Waals surface area contributed by atoms with Crippen molar-refractivity contribution in [2.24, 2.45) is 5.92 Å². The highest BCUT2D eigenvalue weighted by atomic mass is 15.0. The second-order valence-corrected chi connectivity index (χ2v) is 23.4. The van der Waals surface area contributed by atoms with Crippen molar-refractivity contribution in [3.63, 3.8) is 0 Å². The number of rotatable bonds is 10. The third-order valence-electron chi connectivity index (χ3n) is 18.1. The molecular formula is C82H56N6. The minimum absolute atomic E-state index is 0.400. The van der Waals surface area contributed by atoms with Gasteiger partial charge in [0.05, 0.1) is 44.8 Å². The lowest BCUT2D eigenvalue weighted by Gasteiger charge is -2.20. The van der Waals surface area contributed by atoms with Crippen molar-refractivity contribution in [3.8, 4) is 89.7 Å². The molecule has 15 aromatic rings. The lowest BCUT2D eigenvalue weighted by atomic mass is 9.85. The molecule has 414 valence electrons. The number of hydrogen-bond donors (Lipinski definition) is 0. The molecule has 6 heteroatoms. The van der Waals surface area contributed by atoms with Crippen molar-refractivity contribution in [2.75, 3.05) is 0 Å². The highest BCUT2D eigenvalue weighted by molar-refractivity contribution is 6.15. The van der Waals surface area contributed by atoms with Crippen LogP contribution in [0.25, 0.3) is 144 Å². The van der Waals surface area contributed by atoms with E-state index in [9.17, 15) is 0 Å². The van der Waals surface area contributed by atoms with Crippen LogP contribution in [0.15, 0.2) is 292 Å². The van der Waals surface area contributed by atoms with E-state index in [4.69, 9.17) is 19.9 Å². The van der Waals surface area contributed by atoms with Crippen molar-refractivity contribution in [2.45, 2.75) is 19.8 Å². The summed E-state index contributed by atoms with van der Waals surface area (Å²) in [6.45, 7) is 2.31. The Balaban J connectivity index is 0.826. The van der Waals surface area contributed by atoms with Crippen LogP contribution in [0.1, 0.15) is 35.7 Å². The van der Waals surface area contributed by atoms with E-state index >= 15 is 0 Å². The summed E-state index contributed by atoms with van der Waals surface area (Å²) in [6.07, 6.45) is 14.2. The van der Waals surface area contributed by atoms with E-state index in [2.05, 4.69) is 259 Å². The van der Waals surface area contributed by atoms with Gasteiger partial charge in [0.2, 0.25) is 0 Å². The van der Waals surface area contributed by atoms with Gasteiger partial charge in [-0.1, -0.05) is 153 Å². The number of benzene rings is 9. The average molecular weight is 1130 g/mol. The fourth-order valence-corrected chi connectivity index (χ4v) is 14.0. The molecule has 0 amide bonds. The SMILES string of the molecule is CC1C=C(c2ccc3c(c2)c2cc(-c4ccccc4-c4ccccn4)ccc2n3-c2ccc3c(c2)-c2cc(-n4c5ccc(-c6ccccc6-c6ccccn6)cc5c5cc(-c6ccccc6-c6ccccn6)ccc54)ccc2C3)C(c2ccccn2)=CC1. The van der Waals surface area contributed by atoms with Crippen LogP contribution in [0, 0.1) is 5.92 Å². The van der Waals surface area contributed by atoms with Crippen molar-refractivity contribution < 1.29 is 0 Å². The first kappa shape index (κ1) is 51.1. The largest absolute Gasteiger partial charge is 0.309 e. The first-order chi connectivity index (χ1) is 43.5. The molecule has 2 aliphatic rings. The van der Waals surface area contributed by atoms with Gasteiger partial charge in [-0.15, -0.1) is 0 Å². The fourth-order valence-electron chi connectivity index (χ4n) is 14.0. The van der Waals surface area contributed by atoms with Gasteiger partial charge in [-0.25, -0.2) is 0 Å². The van der Waals surface area contributed by atoms with E-state index in [0.29, 0.717) is 5.92 Å². The van der Waals surface area contributed by atoms with Crippen molar-refractivity contribution in [1.29, 1.82) is 0 Å². The number of hydrogen-bond acceptors (Lipinski definition) is 4. The van der Waals surface area contributed by atoms with Crippen molar-refractivity contribution in [3.05, 3.63) is 314 Å². The molecule has 1 unspecified atom stereocenters. The first-order valence-electron chi connectivity index (χ1n) is 30.3. The van der Waals surface area contributed by atoms with Crippen LogP contribution in [0.5, 0.6) is 0 Å². The van der Waals surface area contributed by atoms with E-state index < -0.39 is 0 Å². The third-order valence-corrected chi connectivity index (χ3v) is 18.1. The number of aromatic nitrogens is 6. The van der Waals surface area contributed by atoms with Crippen LogP contribution in [0.4, 0.5) is 0 Å². The van der Waals surface area contributed by atoms with Crippen molar-refractivity contribution in [1.82, 2.24) is 29.1 Å². The van der Waals surface area contributed by atoms with Crippen LogP contribution < -0.4 is 0 Å². The molecule has 6 heterocycles. The Hall–Kier alpha value is -11.3. The molecular weight excluding hydrogens is 1070 g/mol. The maximum absolute atomic E-state index is 4.86. The molecule has 0 spiro atoms.